The third-order valence-electron chi connectivity index (χ3n) is 4.02. The highest BCUT2D eigenvalue weighted by atomic mass is 32.2. The van der Waals surface area contributed by atoms with E-state index < -0.39 is 10.0 Å². The zero-order valence-corrected chi connectivity index (χ0v) is 14.1. The number of nitrogens with two attached hydrogens (primary N) is 1. The van der Waals surface area contributed by atoms with Crippen LogP contribution in [0.1, 0.15) is 26.7 Å². The van der Waals surface area contributed by atoms with Crippen molar-refractivity contribution in [2.24, 2.45) is 5.41 Å². The average molecular weight is 311 g/mol. The van der Waals surface area contributed by atoms with Gasteiger partial charge in [-0.25, -0.2) is 12.7 Å². The molecule has 1 fully saturated rings. The molecule has 2 rings (SSSR count). The largest absolute Gasteiger partial charge is 0.397 e. The summed E-state index contributed by atoms with van der Waals surface area (Å²) in [6.07, 6.45) is 2.33. The zero-order valence-electron chi connectivity index (χ0n) is 13.3. The smallest absolute Gasteiger partial charge is 0.242 e. The Hall–Kier alpha value is -1.27. The van der Waals surface area contributed by atoms with E-state index in [1.807, 2.05) is 6.07 Å². The van der Waals surface area contributed by atoms with Crippen molar-refractivity contribution in [3.05, 3.63) is 18.2 Å². The number of benzene rings is 1. The van der Waals surface area contributed by atoms with Crippen LogP contribution in [0.5, 0.6) is 0 Å². The Kier molecular flexibility index (Phi) is 4.22. The highest BCUT2D eigenvalue weighted by Gasteiger charge is 2.28. The van der Waals surface area contributed by atoms with Gasteiger partial charge >= 0.3 is 0 Å². The van der Waals surface area contributed by atoms with Gasteiger partial charge in [0.05, 0.1) is 16.3 Å². The maximum absolute atomic E-state index is 12.1. The summed E-state index contributed by atoms with van der Waals surface area (Å²) < 4.78 is 25.5. The summed E-state index contributed by atoms with van der Waals surface area (Å²) in [4.78, 5) is 2.50. The van der Waals surface area contributed by atoms with Gasteiger partial charge in [0.2, 0.25) is 10.0 Å². The van der Waals surface area contributed by atoms with Crippen LogP contribution >= 0.6 is 0 Å². The molecule has 1 aromatic carbocycles. The molecule has 0 bridgehead atoms. The van der Waals surface area contributed by atoms with Crippen LogP contribution < -0.4 is 10.6 Å². The van der Waals surface area contributed by atoms with Gasteiger partial charge in [0, 0.05) is 27.2 Å². The summed E-state index contributed by atoms with van der Waals surface area (Å²) in [5.41, 5.74) is 7.83. The quantitative estimate of drug-likeness (QED) is 0.869. The van der Waals surface area contributed by atoms with Crippen LogP contribution in [0, 0.1) is 5.41 Å². The number of nitrogens with zero attached hydrogens (tertiary/aromatic N) is 2. The van der Waals surface area contributed by atoms with Gasteiger partial charge in [-0.3, -0.25) is 0 Å². The molecule has 0 aliphatic carbocycles. The maximum Gasteiger partial charge on any atom is 0.242 e. The van der Waals surface area contributed by atoms with Crippen molar-refractivity contribution >= 4 is 21.4 Å². The first kappa shape index (κ1) is 16.1. The third kappa shape index (κ3) is 3.32. The number of sulfonamides is 1. The van der Waals surface area contributed by atoms with Gasteiger partial charge < -0.3 is 10.6 Å². The van der Waals surface area contributed by atoms with Crippen molar-refractivity contribution in [3.63, 3.8) is 0 Å². The molecule has 0 spiro atoms. The SMILES string of the molecule is CN(C)S(=O)(=O)c1ccc(N2CCCC(C)(C)C2)c(N)c1. The van der Waals surface area contributed by atoms with Gasteiger partial charge in [-0.1, -0.05) is 13.8 Å². The second-order valence-electron chi connectivity index (χ2n) is 6.70. The predicted molar refractivity (Wildman–Crippen MR) is 87.0 cm³/mol. The first-order chi connectivity index (χ1) is 9.63. The standard InChI is InChI=1S/C15H25N3O2S/c1-15(2)8-5-9-18(11-15)14-7-6-12(10-13(14)16)21(19,20)17(3)4/h6-7,10H,5,8-9,11,16H2,1-4H3. The lowest BCUT2D eigenvalue weighted by atomic mass is 9.84. The lowest BCUT2D eigenvalue weighted by molar-refractivity contribution is 0.293. The molecule has 1 saturated heterocycles. The van der Waals surface area contributed by atoms with E-state index in [2.05, 4.69) is 18.7 Å². The van der Waals surface area contributed by atoms with Gasteiger partial charge in [-0.15, -0.1) is 0 Å². The predicted octanol–water partition coefficient (Wildman–Crippen LogP) is 2.15. The van der Waals surface area contributed by atoms with E-state index in [1.54, 1.807) is 12.1 Å². The molecule has 1 aliphatic heterocycles. The molecule has 0 amide bonds. The Balaban J connectivity index is 2.32. The molecule has 1 aromatic rings. The molecule has 0 radical (unpaired) electrons. The minimum Gasteiger partial charge on any atom is -0.397 e. The number of nitrogen functional groups attached to an aromatic ring is 1. The normalized spacial score (nSPS) is 19.0. The summed E-state index contributed by atoms with van der Waals surface area (Å²) in [6, 6.07) is 5.03. The Labute approximate surface area is 127 Å². The van der Waals surface area contributed by atoms with Crippen LogP contribution in [0.3, 0.4) is 0 Å². The molecular weight excluding hydrogens is 286 g/mol. The molecule has 6 heteroatoms. The maximum atomic E-state index is 12.1. The van der Waals surface area contributed by atoms with Gasteiger partial charge in [-0.05, 0) is 36.5 Å². The second kappa shape index (κ2) is 5.50. The van der Waals surface area contributed by atoms with Crippen LogP contribution in [-0.4, -0.2) is 39.9 Å². The fourth-order valence-corrected chi connectivity index (χ4v) is 3.76. The number of hydrogen-bond donors (Lipinski definition) is 1. The van der Waals surface area contributed by atoms with Gasteiger partial charge in [-0.2, -0.15) is 0 Å². The van der Waals surface area contributed by atoms with Crippen molar-refractivity contribution in [3.8, 4) is 0 Å². The lowest BCUT2D eigenvalue weighted by Crippen LogP contribution is -2.40. The van der Waals surface area contributed by atoms with E-state index in [-0.39, 0.29) is 10.3 Å². The number of piperidine rings is 1. The summed E-state index contributed by atoms with van der Waals surface area (Å²) in [5, 5.41) is 0. The van der Waals surface area contributed by atoms with Crippen LogP contribution in [0.2, 0.25) is 0 Å². The van der Waals surface area contributed by atoms with E-state index in [4.69, 9.17) is 5.73 Å². The number of hydrogen-bond acceptors (Lipinski definition) is 4. The molecule has 2 N–H and O–H groups in total. The Morgan fingerprint density at radius 2 is 1.95 bits per heavy atom. The minimum atomic E-state index is -3.43. The van der Waals surface area contributed by atoms with Gasteiger partial charge in [0.15, 0.2) is 0 Å². The zero-order chi connectivity index (χ0) is 15.8. The van der Waals surface area contributed by atoms with Crippen molar-refractivity contribution in [1.29, 1.82) is 0 Å². The molecule has 21 heavy (non-hydrogen) atoms. The second-order valence-corrected chi connectivity index (χ2v) is 8.85. The first-order valence-electron chi connectivity index (χ1n) is 7.20. The topological polar surface area (TPSA) is 66.6 Å². The molecule has 0 aromatic heterocycles. The van der Waals surface area contributed by atoms with Crippen LogP contribution in [0.15, 0.2) is 23.1 Å². The van der Waals surface area contributed by atoms with E-state index in [9.17, 15) is 8.42 Å². The first-order valence-corrected chi connectivity index (χ1v) is 8.64. The Morgan fingerprint density at radius 1 is 1.29 bits per heavy atom. The van der Waals surface area contributed by atoms with E-state index in [0.29, 0.717) is 5.69 Å². The lowest BCUT2D eigenvalue weighted by Gasteiger charge is -2.40. The Morgan fingerprint density at radius 3 is 2.48 bits per heavy atom. The van der Waals surface area contributed by atoms with Gasteiger partial charge in [0.25, 0.3) is 0 Å². The van der Waals surface area contributed by atoms with E-state index >= 15 is 0 Å². The fourth-order valence-electron chi connectivity index (χ4n) is 2.82. The van der Waals surface area contributed by atoms with E-state index in [1.165, 1.54) is 24.8 Å². The molecule has 1 aliphatic rings. The van der Waals surface area contributed by atoms with Crippen LogP contribution in [0.25, 0.3) is 0 Å². The molecule has 0 unspecified atom stereocenters. The van der Waals surface area contributed by atoms with Crippen LogP contribution in [0.4, 0.5) is 11.4 Å². The third-order valence-corrected chi connectivity index (χ3v) is 5.83. The molecule has 1 heterocycles. The van der Waals surface area contributed by atoms with E-state index in [0.717, 1.165) is 25.2 Å². The molecule has 0 saturated carbocycles. The highest BCUT2D eigenvalue weighted by molar-refractivity contribution is 7.89. The van der Waals surface area contributed by atoms with Crippen LogP contribution in [-0.2, 0) is 10.0 Å². The number of anilines is 2. The minimum absolute atomic E-state index is 0.241. The van der Waals surface area contributed by atoms with Crippen molar-refractivity contribution in [2.75, 3.05) is 37.8 Å². The molecule has 118 valence electrons. The number of rotatable bonds is 3. The molecular formula is C15H25N3O2S. The molecule has 5 nitrogen and oxygen atoms in total. The summed E-state index contributed by atoms with van der Waals surface area (Å²) in [6.45, 7) is 6.41. The van der Waals surface area contributed by atoms with Crippen molar-refractivity contribution < 1.29 is 8.42 Å². The van der Waals surface area contributed by atoms with Crippen molar-refractivity contribution in [1.82, 2.24) is 4.31 Å². The molecule has 0 atom stereocenters. The van der Waals surface area contributed by atoms with Gasteiger partial charge in [0.1, 0.15) is 0 Å². The monoisotopic (exact) mass is 311 g/mol. The summed E-state index contributed by atoms with van der Waals surface area (Å²) in [7, 11) is -0.394. The highest BCUT2D eigenvalue weighted by Crippen LogP contribution is 2.35. The fraction of sp³-hybridized carbons (Fsp3) is 0.600. The van der Waals surface area contributed by atoms with Crippen molar-refractivity contribution in [2.45, 2.75) is 31.6 Å². The average Bonchev–Trinajstić information content (AvgIpc) is 2.37. The summed E-state index contributed by atoms with van der Waals surface area (Å²) >= 11 is 0. The Bertz CT molecular complexity index is 624. The summed E-state index contributed by atoms with van der Waals surface area (Å²) in [5.74, 6) is 0.